The van der Waals surface area contributed by atoms with Crippen molar-refractivity contribution < 1.29 is 23.7 Å². The number of ether oxygens (including phenoxy) is 4. The molecule has 0 saturated carbocycles. The molecule has 0 atom stereocenters. The van der Waals surface area contributed by atoms with Crippen LogP contribution in [0.15, 0.2) is 24.3 Å². The summed E-state index contributed by atoms with van der Waals surface area (Å²) in [7, 11) is 1.65. The van der Waals surface area contributed by atoms with E-state index in [4.69, 9.17) is 24.7 Å². The van der Waals surface area contributed by atoms with Crippen molar-refractivity contribution in [1.29, 1.82) is 0 Å². The maximum absolute atomic E-state index is 11.4. The van der Waals surface area contributed by atoms with Gasteiger partial charge in [-0.2, -0.15) is 0 Å². The van der Waals surface area contributed by atoms with Crippen molar-refractivity contribution in [3.63, 3.8) is 0 Å². The van der Waals surface area contributed by atoms with Crippen molar-refractivity contribution in [3.05, 3.63) is 24.3 Å². The first-order valence-electron chi connectivity index (χ1n) is 6.93. The molecule has 0 spiro atoms. The Morgan fingerprint density at radius 3 is 2.52 bits per heavy atom. The SMILES string of the molecule is COCCCOCCOC(=O)CCOc1ccc(N)cc1. The van der Waals surface area contributed by atoms with Crippen LogP contribution in [0.25, 0.3) is 0 Å². The second-order valence-corrected chi connectivity index (χ2v) is 4.35. The van der Waals surface area contributed by atoms with Gasteiger partial charge in [-0.3, -0.25) is 4.79 Å². The molecule has 0 aliphatic rings. The van der Waals surface area contributed by atoms with Gasteiger partial charge in [0, 0.05) is 26.0 Å². The molecule has 0 unspecified atom stereocenters. The van der Waals surface area contributed by atoms with Gasteiger partial charge in [-0.15, -0.1) is 0 Å². The highest BCUT2D eigenvalue weighted by Gasteiger charge is 2.03. The van der Waals surface area contributed by atoms with E-state index in [1.807, 2.05) is 0 Å². The molecule has 0 aliphatic heterocycles. The van der Waals surface area contributed by atoms with Crippen LogP contribution in [0.2, 0.25) is 0 Å². The van der Waals surface area contributed by atoms with Crippen molar-refractivity contribution in [1.82, 2.24) is 0 Å². The standard InChI is InChI=1S/C15H23NO5/c1-18-8-2-9-19-11-12-21-15(17)7-10-20-14-5-3-13(16)4-6-14/h3-6H,2,7-12,16H2,1H3. The third-order valence-corrected chi connectivity index (χ3v) is 2.58. The molecular weight excluding hydrogens is 274 g/mol. The highest BCUT2D eigenvalue weighted by Crippen LogP contribution is 2.13. The summed E-state index contributed by atoms with van der Waals surface area (Å²) in [5.41, 5.74) is 6.23. The number of nitrogens with two attached hydrogens (primary N) is 1. The van der Waals surface area contributed by atoms with Gasteiger partial charge in [0.25, 0.3) is 0 Å². The van der Waals surface area contributed by atoms with E-state index in [2.05, 4.69) is 0 Å². The minimum atomic E-state index is -0.300. The van der Waals surface area contributed by atoms with Gasteiger partial charge >= 0.3 is 5.97 Å². The molecule has 2 N–H and O–H groups in total. The lowest BCUT2D eigenvalue weighted by Gasteiger charge is -2.07. The highest BCUT2D eigenvalue weighted by atomic mass is 16.6. The number of rotatable bonds is 11. The first-order valence-corrected chi connectivity index (χ1v) is 6.93. The normalized spacial score (nSPS) is 10.3. The number of benzene rings is 1. The molecule has 0 heterocycles. The Labute approximate surface area is 125 Å². The van der Waals surface area contributed by atoms with Crippen LogP contribution < -0.4 is 10.5 Å². The second-order valence-electron chi connectivity index (χ2n) is 4.35. The van der Waals surface area contributed by atoms with Gasteiger partial charge in [0.15, 0.2) is 0 Å². The second kappa shape index (κ2) is 10.9. The number of anilines is 1. The molecule has 0 radical (unpaired) electrons. The lowest BCUT2D eigenvalue weighted by atomic mass is 10.3. The fourth-order valence-electron chi connectivity index (χ4n) is 1.51. The van der Waals surface area contributed by atoms with E-state index in [1.165, 1.54) is 0 Å². The van der Waals surface area contributed by atoms with Gasteiger partial charge in [-0.05, 0) is 30.7 Å². The zero-order chi connectivity index (χ0) is 15.3. The van der Waals surface area contributed by atoms with Gasteiger partial charge in [0.2, 0.25) is 0 Å². The molecule has 0 bridgehead atoms. The fraction of sp³-hybridized carbons (Fsp3) is 0.533. The number of hydrogen-bond acceptors (Lipinski definition) is 6. The molecule has 6 nitrogen and oxygen atoms in total. The third kappa shape index (κ3) is 8.88. The minimum absolute atomic E-state index is 0.202. The zero-order valence-electron chi connectivity index (χ0n) is 12.4. The Balaban J connectivity index is 1.97. The molecule has 0 saturated heterocycles. The van der Waals surface area contributed by atoms with Crippen LogP contribution in [0, 0.1) is 0 Å². The number of nitrogen functional groups attached to an aromatic ring is 1. The van der Waals surface area contributed by atoms with Crippen LogP contribution in [0.1, 0.15) is 12.8 Å². The maximum Gasteiger partial charge on any atom is 0.309 e. The molecule has 1 aromatic rings. The number of methoxy groups -OCH3 is 1. The summed E-state index contributed by atoms with van der Waals surface area (Å²) >= 11 is 0. The number of esters is 1. The molecule has 1 rings (SSSR count). The largest absolute Gasteiger partial charge is 0.493 e. The first-order chi connectivity index (χ1) is 10.2. The van der Waals surface area contributed by atoms with E-state index < -0.39 is 0 Å². The number of hydrogen-bond donors (Lipinski definition) is 1. The summed E-state index contributed by atoms with van der Waals surface area (Å²) in [5.74, 6) is 0.379. The van der Waals surface area contributed by atoms with E-state index in [0.717, 1.165) is 6.42 Å². The van der Waals surface area contributed by atoms with Gasteiger partial charge in [0.05, 0.1) is 19.6 Å². The van der Waals surface area contributed by atoms with Crippen molar-refractivity contribution in [2.24, 2.45) is 0 Å². The summed E-state index contributed by atoms with van der Waals surface area (Å²) in [6.45, 7) is 2.20. The molecule has 0 fully saturated rings. The maximum atomic E-state index is 11.4. The Kier molecular flexibility index (Phi) is 8.99. The molecule has 1 aromatic carbocycles. The Morgan fingerprint density at radius 2 is 1.81 bits per heavy atom. The highest BCUT2D eigenvalue weighted by molar-refractivity contribution is 5.69. The van der Waals surface area contributed by atoms with E-state index >= 15 is 0 Å². The van der Waals surface area contributed by atoms with Crippen molar-refractivity contribution in [2.75, 3.05) is 45.9 Å². The lowest BCUT2D eigenvalue weighted by Crippen LogP contribution is -2.14. The van der Waals surface area contributed by atoms with Crippen molar-refractivity contribution >= 4 is 11.7 Å². The monoisotopic (exact) mass is 297 g/mol. The lowest BCUT2D eigenvalue weighted by molar-refractivity contribution is -0.145. The average Bonchev–Trinajstić information content (AvgIpc) is 2.48. The predicted molar refractivity (Wildman–Crippen MR) is 79.2 cm³/mol. The number of carbonyl (C=O) groups is 1. The van der Waals surface area contributed by atoms with E-state index in [1.54, 1.807) is 31.4 Å². The zero-order valence-corrected chi connectivity index (χ0v) is 12.4. The Morgan fingerprint density at radius 1 is 1.05 bits per heavy atom. The molecule has 0 amide bonds. The first kappa shape index (κ1) is 17.3. The Bertz CT molecular complexity index is 394. The number of carbonyl (C=O) groups excluding carboxylic acids is 1. The quantitative estimate of drug-likeness (QED) is 0.380. The molecule has 6 heteroatoms. The van der Waals surface area contributed by atoms with Crippen LogP contribution in [0.4, 0.5) is 5.69 Å². The van der Waals surface area contributed by atoms with E-state index in [0.29, 0.717) is 31.3 Å². The van der Waals surface area contributed by atoms with Crippen molar-refractivity contribution in [2.45, 2.75) is 12.8 Å². The Hall–Kier alpha value is -1.79. The smallest absolute Gasteiger partial charge is 0.309 e. The van der Waals surface area contributed by atoms with Gasteiger partial charge in [0.1, 0.15) is 12.4 Å². The van der Waals surface area contributed by atoms with Gasteiger partial charge in [-0.1, -0.05) is 0 Å². The molecular formula is C15H23NO5. The van der Waals surface area contributed by atoms with Gasteiger partial charge in [-0.25, -0.2) is 0 Å². The predicted octanol–water partition coefficient (Wildman–Crippen LogP) is 1.63. The molecule has 118 valence electrons. The third-order valence-electron chi connectivity index (χ3n) is 2.58. The average molecular weight is 297 g/mol. The summed E-state index contributed by atoms with van der Waals surface area (Å²) in [5, 5.41) is 0. The van der Waals surface area contributed by atoms with Crippen LogP contribution in [-0.2, 0) is 19.0 Å². The van der Waals surface area contributed by atoms with Crippen LogP contribution in [0.3, 0.4) is 0 Å². The van der Waals surface area contributed by atoms with Crippen LogP contribution in [0.5, 0.6) is 5.75 Å². The minimum Gasteiger partial charge on any atom is -0.493 e. The summed E-state index contributed by atoms with van der Waals surface area (Å²) in [6, 6.07) is 7.01. The van der Waals surface area contributed by atoms with Crippen molar-refractivity contribution in [3.8, 4) is 5.75 Å². The fourth-order valence-corrected chi connectivity index (χ4v) is 1.51. The van der Waals surface area contributed by atoms with Gasteiger partial charge < -0.3 is 24.7 Å². The summed E-state index contributed by atoms with van der Waals surface area (Å²) in [4.78, 5) is 11.4. The van der Waals surface area contributed by atoms with E-state index in [9.17, 15) is 4.79 Å². The molecule has 0 aliphatic carbocycles. The van der Waals surface area contributed by atoms with Crippen LogP contribution in [-0.4, -0.2) is 46.1 Å². The van der Waals surface area contributed by atoms with E-state index in [-0.39, 0.29) is 25.6 Å². The molecule has 21 heavy (non-hydrogen) atoms. The summed E-state index contributed by atoms with van der Waals surface area (Å²) in [6.07, 6.45) is 1.04. The summed E-state index contributed by atoms with van der Waals surface area (Å²) < 4.78 is 20.6. The molecule has 0 aromatic heterocycles. The topological polar surface area (TPSA) is 80.0 Å². The van der Waals surface area contributed by atoms with Crippen LogP contribution >= 0.6 is 0 Å².